The van der Waals surface area contributed by atoms with E-state index in [9.17, 15) is 23.2 Å². The minimum absolute atomic E-state index is 0.0351. The molecule has 1 atom stereocenters. The number of carbonyl (C=O) groups excluding carboxylic acids is 3. The van der Waals surface area contributed by atoms with Crippen molar-refractivity contribution in [3.05, 3.63) is 47.3 Å². The lowest BCUT2D eigenvalue weighted by Crippen LogP contribution is -2.34. The molecule has 1 aliphatic rings. The molecule has 166 valence electrons. The normalized spacial score (nSPS) is 14.8. The van der Waals surface area contributed by atoms with Gasteiger partial charge in [0.2, 0.25) is 5.78 Å². The van der Waals surface area contributed by atoms with Gasteiger partial charge in [-0.05, 0) is 51.1 Å². The summed E-state index contributed by atoms with van der Waals surface area (Å²) in [5, 5.41) is -0.176. The van der Waals surface area contributed by atoms with Crippen molar-refractivity contribution in [2.45, 2.75) is 33.5 Å². The highest BCUT2D eigenvalue weighted by Crippen LogP contribution is 2.25. The summed E-state index contributed by atoms with van der Waals surface area (Å²) in [7, 11) is 0. The number of halogens is 2. The van der Waals surface area contributed by atoms with Gasteiger partial charge in [-0.25, -0.2) is 0 Å². The molecule has 0 radical (unpaired) electrons. The van der Waals surface area contributed by atoms with Crippen molar-refractivity contribution in [3.8, 4) is 11.4 Å². The Hall–Kier alpha value is -2.88. The number of thioether (sulfide) groups is 1. The third-order valence-electron chi connectivity index (χ3n) is 4.86. The van der Waals surface area contributed by atoms with Gasteiger partial charge in [-0.3, -0.25) is 14.4 Å². The maximum absolute atomic E-state index is 12.9. The van der Waals surface area contributed by atoms with E-state index in [1.54, 1.807) is 36.6 Å². The number of hydrogen-bond donors (Lipinski definition) is 0. The molecule has 0 spiro atoms. The predicted octanol–water partition coefficient (Wildman–Crippen LogP) is 3.98. The van der Waals surface area contributed by atoms with Crippen molar-refractivity contribution < 1.29 is 32.6 Å². The van der Waals surface area contributed by atoms with Crippen molar-refractivity contribution in [1.82, 2.24) is 9.47 Å². The topological polar surface area (TPSA) is 77.8 Å². The largest absolute Gasteiger partial charge is 0.453 e. The molecule has 1 saturated heterocycles. The maximum atomic E-state index is 12.9. The van der Waals surface area contributed by atoms with E-state index in [1.165, 1.54) is 24.0 Å². The third-order valence-corrected chi connectivity index (χ3v) is 5.75. The van der Waals surface area contributed by atoms with Gasteiger partial charge < -0.3 is 18.9 Å². The van der Waals surface area contributed by atoms with Crippen LogP contribution in [0.1, 0.15) is 28.7 Å². The summed E-state index contributed by atoms with van der Waals surface area (Å²) in [6.07, 6.45) is -1.02. The first-order chi connectivity index (χ1) is 14.7. The van der Waals surface area contributed by atoms with Crippen LogP contribution in [0.15, 0.2) is 30.3 Å². The number of ether oxygens (including phenoxy) is 2. The highest BCUT2D eigenvalue weighted by atomic mass is 32.2. The number of ketones is 1. The van der Waals surface area contributed by atoms with E-state index in [4.69, 9.17) is 4.74 Å². The van der Waals surface area contributed by atoms with Crippen LogP contribution < -0.4 is 4.74 Å². The number of carbonyl (C=O) groups is 3. The number of amides is 1. The first-order valence-electron chi connectivity index (χ1n) is 9.57. The number of Topliss-reactive ketones (excluding diaryl/α,β-unsaturated/α-hetero) is 1. The van der Waals surface area contributed by atoms with Crippen LogP contribution in [0, 0.1) is 13.8 Å². The van der Waals surface area contributed by atoms with Gasteiger partial charge in [0.05, 0.1) is 0 Å². The summed E-state index contributed by atoms with van der Waals surface area (Å²) in [6, 6.07) is 7.75. The molecule has 1 aromatic carbocycles. The molecule has 1 amide bonds. The van der Waals surface area contributed by atoms with Crippen LogP contribution in [0.25, 0.3) is 5.69 Å². The Morgan fingerprint density at radius 2 is 1.87 bits per heavy atom. The summed E-state index contributed by atoms with van der Waals surface area (Å²) in [5.41, 5.74) is 2.43. The molecule has 0 aliphatic carbocycles. The molecule has 7 nitrogen and oxygen atoms in total. The minimum Gasteiger partial charge on any atom is -0.453 e. The van der Waals surface area contributed by atoms with E-state index >= 15 is 0 Å². The van der Waals surface area contributed by atoms with Gasteiger partial charge in [0.1, 0.15) is 12.3 Å². The van der Waals surface area contributed by atoms with E-state index in [0.717, 1.165) is 17.5 Å². The van der Waals surface area contributed by atoms with Crippen molar-refractivity contribution >= 4 is 28.8 Å². The molecule has 2 aromatic rings. The number of benzene rings is 1. The molecule has 1 aromatic heterocycles. The third kappa shape index (κ3) is 5.25. The maximum Gasteiger partial charge on any atom is 0.387 e. The summed E-state index contributed by atoms with van der Waals surface area (Å²) in [4.78, 5) is 38.0. The zero-order valence-corrected chi connectivity index (χ0v) is 18.1. The summed E-state index contributed by atoms with van der Waals surface area (Å²) in [5.74, 6) is -0.345. The van der Waals surface area contributed by atoms with Gasteiger partial charge in [-0.2, -0.15) is 8.78 Å². The summed E-state index contributed by atoms with van der Waals surface area (Å²) in [6.45, 7) is 2.43. The number of esters is 1. The van der Waals surface area contributed by atoms with Gasteiger partial charge >= 0.3 is 12.6 Å². The van der Waals surface area contributed by atoms with Crippen molar-refractivity contribution in [1.29, 1.82) is 0 Å². The highest BCUT2D eigenvalue weighted by molar-refractivity contribution is 8.13. The molecule has 3 rings (SSSR count). The second-order valence-corrected chi connectivity index (χ2v) is 8.07. The van der Waals surface area contributed by atoms with Crippen molar-refractivity contribution in [2.75, 3.05) is 18.8 Å². The standard InChI is InChI=1S/C21H22F2N2O5S/c1-12-10-17(13(2)25(12)15-4-6-16(7-5-15)30-20(22)23)19(27)14(3)29-18(26)11-24-8-9-31-21(24)28/h4-7,10,14,20H,8-9,11H2,1-3H3/t14-/m1/s1. The van der Waals surface area contributed by atoms with E-state index in [2.05, 4.69) is 4.74 Å². The van der Waals surface area contributed by atoms with Gasteiger partial charge in [-0.1, -0.05) is 11.8 Å². The van der Waals surface area contributed by atoms with Crippen LogP contribution in [0.4, 0.5) is 13.6 Å². The summed E-state index contributed by atoms with van der Waals surface area (Å²) < 4.78 is 36.1. The van der Waals surface area contributed by atoms with Gasteiger partial charge in [0.15, 0.2) is 6.10 Å². The number of alkyl halides is 2. The molecule has 1 aliphatic heterocycles. The predicted molar refractivity (Wildman–Crippen MR) is 111 cm³/mol. The fraction of sp³-hybridized carbons (Fsp3) is 0.381. The molecule has 0 N–H and O–H groups in total. The number of rotatable bonds is 8. The van der Waals surface area contributed by atoms with Crippen LogP contribution >= 0.6 is 11.8 Å². The lowest BCUT2D eigenvalue weighted by atomic mass is 10.1. The van der Waals surface area contributed by atoms with Crippen LogP contribution in [-0.2, 0) is 9.53 Å². The Bertz CT molecular complexity index is 990. The highest BCUT2D eigenvalue weighted by Gasteiger charge is 2.28. The van der Waals surface area contributed by atoms with Gasteiger partial charge in [-0.15, -0.1) is 0 Å². The molecule has 10 heteroatoms. The Morgan fingerprint density at radius 1 is 1.19 bits per heavy atom. The zero-order valence-electron chi connectivity index (χ0n) is 17.3. The molecule has 2 heterocycles. The molecule has 0 bridgehead atoms. The Labute approximate surface area is 182 Å². The van der Waals surface area contributed by atoms with Gasteiger partial charge in [0, 0.05) is 34.9 Å². The monoisotopic (exact) mass is 452 g/mol. The second-order valence-electron chi connectivity index (χ2n) is 7.02. The number of aryl methyl sites for hydroxylation is 1. The van der Waals surface area contributed by atoms with E-state index in [0.29, 0.717) is 29.2 Å². The van der Waals surface area contributed by atoms with E-state index in [-0.39, 0.29) is 23.3 Å². The van der Waals surface area contributed by atoms with Crippen LogP contribution in [0.5, 0.6) is 5.75 Å². The smallest absolute Gasteiger partial charge is 0.387 e. The average molecular weight is 452 g/mol. The number of aromatic nitrogens is 1. The lowest BCUT2D eigenvalue weighted by Gasteiger charge is -2.17. The zero-order chi connectivity index (χ0) is 22.7. The Kier molecular flexibility index (Phi) is 6.99. The van der Waals surface area contributed by atoms with E-state index < -0.39 is 18.7 Å². The molecular weight excluding hydrogens is 430 g/mol. The summed E-state index contributed by atoms with van der Waals surface area (Å²) >= 11 is 1.14. The molecular formula is C21H22F2N2O5S. The molecule has 0 saturated carbocycles. The first kappa shape index (κ1) is 22.8. The first-order valence-corrected chi connectivity index (χ1v) is 10.6. The second kappa shape index (κ2) is 9.51. The van der Waals surface area contributed by atoms with Crippen LogP contribution in [0.3, 0.4) is 0 Å². The van der Waals surface area contributed by atoms with Crippen LogP contribution in [0.2, 0.25) is 0 Å². The Balaban J connectivity index is 1.72. The van der Waals surface area contributed by atoms with Crippen LogP contribution in [-0.4, -0.2) is 58.0 Å². The molecule has 31 heavy (non-hydrogen) atoms. The quantitative estimate of drug-likeness (QED) is 0.445. The fourth-order valence-corrected chi connectivity index (χ4v) is 4.24. The lowest BCUT2D eigenvalue weighted by molar-refractivity contribution is -0.146. The minimum atomic E-state index is -2.91. The molecule has 1 fully saturated rings. The average Bonchev–Trinajstić information content (AvgIpc) is 3.23. The van der Waals surface area contributed by atoms with Crippen molar-refractivity contribution in [2.24, 2.45) is 0 Å². The fourth-order valence-electron chi connectivity index (χ4n) is 3.42. The van der Waals surface area contributed by atoms with Gasteiger partial charge in [0.25, 0.3) is 5.24 Å². The number of nitrogens with zero attached hydrogens (tertiary/aromatic N) is 2. The van der Waals surface area contributed by atoms with E-state index in [1.807, 2.05) is 0 Å². The van der Waals surface area contributed by atoms with Crippen molar-refractivity contribution in [3.63, 3.8) is 0 Å². The SMILES string of the molecule is Cc1cc(C(=O)[C@@H](C)OC(=O)CN2CCSC2=O)c(C)n1-c1ccc(OC(F)F)cc1. The number of hydrogen-bond acceptors (Lipinski definition) is 6. The Morgan fingerprint density at radius 3 is 2.45 bits per heavy atom. The molecule has 0 unspecified atom stereocenters.